The zero-order valence-electron chi connectivity index (χ0n) is 16.2. The van der Waals surface area contributed by atoms with Crippen molar-refractivity contribution in [2.24, 2.45) is 0 Å². The lowest BCUT2D eigenvalue weighted by atomic mass is 10.0. The van der Waals surface area contributed by atoms with Crippen LogP contribution < -0.4 is 19.5 Å². The van der Waals surface area contributed by atoms with Gasteiger partial charge < -0.3 is 24.6 Å². The minimum Gasteiger partial charge on any atom is -0.497 e. The number of benzene rings is 2. The van der Waals surface area contributed by atoms with E-state index < -0.39 is 17.9 Å². The summed E-state index contributed by atoms with van der Waals surface area (Å²) in [6.07, 6.45) is -0.269. The monoisotopic (exact) mass is 387 g/mol. The van der Waals surface area contributed by atoms with Crippen LogP contribution in [0.5, 0.6) is 17.2 Å². The smallest absolute Gasteiger partial charge is 0.305 e. The molecule has 0 aliphatic heterocycles. The Hall–Kier alpha value is -3.22. The molecular weight excluding hydrogens is 362 g/mol. The highest BCUT2D eigenvalue weighted by Gasteiger charge is 2.21. The first-order chi connectivity index (χ1) is 13.5. The predicted molar refractivity (Wildman–Crippen MR) is 104 cm³/mol. The lowest BCUT2D eigenvalue weighted by molar-refractivity contribution is -0.137. The Balaban J connectivity index is 2.30. The molecule has 7 nitrogen and oxygen atoms in total. The summed E-state index contributed by atoms with van der Waals surface area (Å²) in [5, 5.41) is 12.1. The zero-order valence-corrected chi connectivity index (χ0v) is 16.2. The summed E-state index contributed by atoms with van der Waals surface area (Å²) in [7, 11) is 1.51. The molecule has 0 heterocycles. The number of ether oxygens (including phenoxy) is 3. The Kier molecular flexibility index (Phi) is 7.68. The van der Waals surface area contributed by atoms with Crippen LogP contribution in [0.15, 0.2) is 42.5 Å². The van der Waals surface area contributed by atoms with E-state index in [-0.39, 0.29) is 6.42 Å². The number of hydrogen-bond acceptors (Lipinski definition) is 5. The van der Waals surface area contributed by atoms with E-state index in [1.807, 2.05) is 13.8 Å². The fourth-order valence-corrected chi connectivity index (χ4v) is 2.72. The summed E-state index contributed by atoms with van der Waals surface area (Å²) in [5.41, 5.74) is 0.997. The number of methoxy groups -OCH3 is 1. The fourth-order valence-electron chi connectivity index (χ4n) is 2.72. The number of hydrogen-bond donors (Lipinski definition) is 2. The predicted octanol–water partition coefficient (Wildman–Crippen LogP) is 3.44. The summed E-state index contributed by atoms with van der Waals surface area (Å²) in [6.45, 7) is 4.63. The van der Waals surface area contributed by atoms with Gasteiger partial charge in [-0.1, -0.05) is 12.1 Å². The van der Waals surface area contributed by atoms with E-state index in [9.17, 15) is 14.7 Å². The van der Waals surface area contributed by atoms with E-state index in [0.717, 1.165) is 0 Å². The van der Waals surface area contributed by atoms with Crippen LogP contribution in [0, 0.1) is 0 Å². The van der Waals surface area contributed by atoms with Crippen molar-refractivity contribution < 1.29 is 28.9 Å². The van der Waals surface area contributed by atoms with E-state index in [0.29, 0.717) is 41.6 Å². The van der Waals surface area contributed by atoms with Crippen LogP contribution in [-0.2, 0) is 4.79 Å². The molecule has 1 amide bonds. The topological polar surface area (TPSA) is 94.1 Å². The molecule has 0 aliphatic carbocycles. The number of carboxylic acid groups (broad SMARTS) is 1. The van der Waals surface area contributed by atoms with Gasteiger partial charge in [0.2, 0.25) is 0 Å². The van der Waals surface area contributed by atoms with Crippen molar-refractivity contribution in [2.45, 2.75) is 26.3 Å². The molecule has 1 atom stereocenters. The van der Waals surface area contributed by atoms with Crippen LogP contribution >= 0.6 is 0 Å². The van der Waals surface area contributed by atoms with Crippen molar-refractivity contribution >= 4 is 11.9 Å². The standard InChI is InChI=1S/C21H25NO6/c1-4-27-18-10-9-14(12-19(18)28-5-2)17(13-20(23)24)22-21(25)15-7-6-8-16(11-15)26-3/h6-12,17H,4-5,13H2,1-3H3,(H,22,25)(H,23,24). The van der Waals surface area contributed by atoms with E-state index in [4.69, 9.17) is 14.2 Å². The molecule has 1 unspecified atom stereocenters. The molecule has 2 N–H and O–H groups in total. The molecule has 28 heavy (non-hydrogen) atoms. The maximum atomic E-state index is 12.6. The Labute approximate surface area is 164 Å². The van der Waals surface area contributed by atoms with Crippen LogP contribution in [0.25, 0.3) is 0 Å². The van der Waals surface area contributed by atoms with E-state index >= 15 is 0 Å². The van der Waals surface area contributed by atoms with Gasteiger partial charge in [0.15, 0.2) is 11.5 Å². The maximum absolute atomic E-state index is 12.6. The van der Waals surface area contributed by atoms with Crippen molar-refractivity contribution in [1.82, 2.24) is 5.32 Å². The minimum absolute atomic E-state index is 0.269. The number of carboxylic acids is 1. The zero-order chi connectivity index (χ0) is 20.5. The summed E-state index contributed by atoms with van der Waals surface area (Å²) >= 11 is 0. The quantitative estimate of drug-likeness (QED) is 0.649. The van der Waals surface area contributed by atoms with Crippen molar-refractivity contribution in [3.63, 3.8) is 0 Å². The third kappa shape index (κ3) is 5.64. The van der Waals surface area contributed by atoms with Crippen LogP contribution in [0.2, 0.25) is 0 Å². The first-order valence-electron chi connectivity index (χ1n) is 9.04. The van der Waals surface area contributed by atoms with Gasteiger partial charge in [-0.05, 0) is 49.7 Å². The minimum atomic E-state index is -1.03. The lowest BCUT2D eigenvalue weighted by Crippen LogP contribution is -2.30. The molecule has 0 saturated carbocycles. The van der Waals surface area contributed by atoms with Gasteiger partial charge in [-0.3, -0.25) is 9.59 Å². The van der Waals surface area contributed by atoms with E-state index in [2.05, 4.69) is 5.32 Å². The molecule has 0 radical (unpaired) electrons. The third-order valence-electron chi connectivity index (χ3n) is 3.99. The van der Waals surface area contributed by atoms with Crippen LogP contribution in [0.4, 0.5) is 0 Å². The van der Waals surface area contributed by atoms with Crippen molar-refractivity contribution in [3.8, 4) is 17.2 Å². The molecule has 0 fully saturated rings. The summed E-state index contributed by atoms with van der Waals surface area (Å²) in [5.74, 6) is 0.205. The number of carbonyl (C=O) groups excluding carboxylic acids is 1. The van der Waals surface area contributed by atoms with Gasteiger partial charge >= 0.3 is 5.97 Å². The van der Waals surface area contributed by atoms with Crippen molar-refractivity contribution in [3.05, 3.63) is 53.6 Å². The van der Waals surface area contributed by atoms with Crippen LogP contribution in [0.1, 0.15) is 42.2 Å². The summed E-state index contributed by atoms with van der Waals surface area (Å²) < 4.78 is 16.3. The highest BCUT2D eigenvalue weighted by atomic mass is 16.5. The van der Waals surface area contributed by atoms with Gasteiger partial charge in [0, 0.05) is 5.56 Å². The van der Waals surface area contributed by atoms with Gasteiger partial charge in [0.1, 0.15) is 5.75 Å². The van der Waals surface area contributed by atoms with Crippen LogP contribution in [0.3, 0.4) is 0 Å². The lowest BCUT2D eigenvalue weighted by Gasteiger charge is -2.20. The highest BCUT2D eigenvalue weighted by Crippen LogP contribution is 2.32. The van der Waals surface area contributed by atoms with Crippen molar-refractivity contribution in [1.29, 1.82) is 0 Å². The Morgan fingerprint density at radius 1 is 1.04 bits per heavy atom. The maximum Gasteiger partial charge on any atom is 0.305 e. The Morgan fingerprint density at radius 3 is 2.39 bits per heavy atom. The average molecular weight is 387 g/mol. The number of nitrogens with one attached hydrogen (secondary N) is 1. The van der Waals surface area contributed by atoms with Gasteiger partial charge in [-0.15, -0.1) is 0 Å². The number of carbonyl (C=O) groups is 2. The Bertz CT molecular complexity index is 820. The SMILES string of the molecule is CCOc1ccc(C(CC(=O)O)NC(=O)c2cccc(OC)c2)cc1OCC. The Morgan fingerprint density at radius 2 is 1.75 bits per heavy atom. The van der Waals surface area contributed by atoms with Gasteiger partial charge in [0.25, 0.3) is 5.91 Å². The van der Waals surface area contributed by atoms with E-state index in [1.54, 1.807) is 42.5 Å². The molecule has 0 spiro atoms. The number of rotatable bonds is 10. The molecule has 0 aliphatic rings. The molecule has 2 rings (SSSR count). The number of aliphatic carboxylic acids is 1. The molecule has 0 bridgehead atoms. The molecule has 0 aromatic heterocycles. The highest BCUT2D eigenvalue weighted by molar-refractivity contribution is 5.95. The molecule has 150 valence electrons. The second-order valence-corrected chi connectivity index (χ2v) is 5.93. The molecule has 7 heteroatoms. The fraction of sp³-hybridized carbons (Fsp3) is 0.333. The second kappa shape index (κ2) is 10.2. The second-order valence-electron chi connectivity index (χ2n) is 5.93. The van der Waals surface area contributed by atoms with Gasteiger partial charge in [-0.25, -0.2) is 0 Å². The average Bonchev–Trinajstić information content (AvgIpc) is 2.68. The molecular formula is C21H25NO6. The first-order valence-corrected chi connectivity index (χ1v) is 9.04. The van der Waals surface area contributed by atoms with Gasteiger partial charge in [-0.2, -0.15) is 0 Å². The normalized spacial score (nSPS) is 11.4. The van der Waals surface area contributed by atoms with Crippen molar-refractivity contribution in [2.75, 3.05) is 20.3 Å². The van der Waals surface area contributed by atoms with E-state index in [1.165, 1.54) is 7.11 Å². The molecule has 0 saturated heterocycles. The summed E-state index contributed by atoms with van der Waals surface area (Å²) in [6, 6.07) is 11.1. The van der Waals surface area contributed by atoms with Gasteiger partial charge in [0.05, 0.1) is 32.8 Å². The number of amides is 1. The molecule has 2 aromatic carbocycles. The third-order valence-corrected chi connectivity index (χ3v) is 3.99. The molecule has 2 aromatic rings. The van der Waals surface area contributed by atoms with Crippen LogP contribution in [-0.4, -0.2) is 37.3 Å². The largest absolute Gasteiger partial charge is 0.497 e. The first kappa shape index (κ1) is 21.1. The summed E-state index contributed by atoms with van der Waals surface area (Å²) in [4.78, 5) is 24.0.